The van der Waals surface area contributed by atoms with Crippen LogP contribution in [0.1, 0.15) is 35.3 Å². The molecule has 0 fully saturated rings. The van der Waals surface area contributed by atoms with Gasteiger partial charge in [-0.05, 0) is 66.6 Å². The molecule has 0 saturated carbocycles. The Morgan fingerprint density at radius 2 is 1.68 bits per heavy atom. The lowest BCUT2D eigenvalue weighted by Gasteiger charge is -2.30. The Bertz CT molecular complexity index is 1290. The van der Waals surface area contributed by atoms with Crippen molar-refractivity contribution in [3.63, 3.8) is 0 Å². The molecular formula is C25H25ClN2O5S. The van der Waals surface area contributed by atoms with E-state index in [-0.39, 0.29) is 11.3 Å². The van der Waals surface area contributed by atoms with Gasteiger partial charge >= 0.3 is 5.97 Å². The minimum absolute atomic E-state index is 0.133. The van der Waals surface area contributed by atoms with Crippen molar-refractivity contribution in [1.82, 2.24) is 4.31 Å². The molecule has 1 aliphatic rings. The summed E-state index contributed by atoms with van der Waals surface area (Å²) in [5.41, 5.74) is 2.98. The van der Waals surface area contributed by atoms with Crippen LogP contribution in [-0.2, 0) is 19.6 Å². The quantitative estimate of drug-likeness (QED) is 0.455. The largest absolute Gasteiger partial charge is 0.497 e. The molecule has 0 saturated heterocycles. The maximum atomic E-state index is 14.0. The molecule has 9 heteroatoms. The summed E-state index contributed by atoms with van der Waals surface area (Å²) in [6.45, 7) is 1.89. The summed E-state index contributed by atoms with van der Waals surface area (Å²) >= 11 is 6.30. The maximum Gasteiger partial charge on any atom is 0.307 e. The van der Waals surface area contributed by atoms with Crippen LogP contribution in [0.15, 0.2) is 71.6 Å². The van der Waals surface area contributed by atoms with Gasteiger partial charge in [-0.1, -0.05) is 35.4 Å². The number of carbonyl (C=O) groups is 1. The molecule has 0 aliphatic carbocycles. The number of benzene rings is 3. The van der Waals surface area contributed by atoms with Crippen molar-refractivity contribution in [2.24, 2.45) is 0 Å². The fourth-order valence-corrected chi connectivity index (χ4v) is 5.98. The zero-order chi connectivity index (χ0) is 24.5. The Kier molecular flexibility index (Phi) is 6.84. The highest BCUT2D eigenvalue weighted by Crippen LogP contribution is 2.48. The van der Waals surface area contributed by atoms with Crippen LogP contribution < -0.4 is 10.1 Å². The number of anilines is 1. The molecule has 1 aliphatic heterocycles. The van der Waals surface area contributed by atoms with Crippen LogP contribution >= 0.6 is 11.6 Å². The van der Waals surface area contributed by atoms with E-state index in [2.05, 4.69) is 5.32 Å². The van der Waals surface area contributed by atoms with Gasteiger partial charge < -0.3 is 14.8 Å². The van der Waals surface area contributed by atoms with Gasteiger partial charge in [0.25, 0.3) is 0 Å². The third kappa shape index (κ3) is 4.61. The van der Waals surface area contributed by atoms with Crippen LogP contribution in [0.25, 0.3) is 0 Å². The standard InChI is InChI=1S/C25H25ClN2O5S/c1-16-4-11-20(12-5-16)34(30,31)28-23(15-24(29)33-3)21-13-6-17(26)14-22(21)25(28)27-18-7-9-19(32-2)10-8-18/h4-14,23,25,27H,15H2,1-3H3/t23-,25-/m0/s1. The van der Waals surface area contributed by atoms with Gasteiger partial charge in [-0.3, -0.25) is 4.79 Å². The number of aryl methyl sites for hydroxylation is 1. The van der Waals surface area contributed by atoms with Gasteiger partial charge in [0.1, 0.15) is 11.9 Å². The summed E-state index contributed by atoms with van der Waals surface area (Å²) in [5, 5.41) is 3.78. The number of halogens is 1. The SMILES string of the molecule is COC(=O)C[C@H]1c2ccc(Cl)cc2[C@@H](Nc2ccc(OC)cc2)N1S(=O)(=O)c1ccc(C)cc1. The fourth-order valence-electron chi connectivity index (χ4n) is 4.11. The fraction of sp³-hybridized carbons (Fsp3) is 0.240. The molecule has 0 radical (unpaired) electrons. The molecule has 0 aromatic heterocycles. The summed E-state index contributed by atoms with van der Waals surface area (Å²) < 4.78 is 39.4. The molecule has 4 rings (SSSR count). The molecule has 1 N–H and O–H groups in total. The number of hydrogen-bond acceptors (Lipinski definition) is 6. The van der Waals surface area contributed by atoms with E-state index >= 15 is 0 Å². The smallest absolute Gasteiger partial charge is 0.307 e. The van der Waals surface area contributed by atoms with Gasteiger partial charge in [0.05, 0.1) is 31.6 Å². The third-order valence-corrected chi connectivity index (χ3v) is 7.96. The second-order valence-electron chi connectivity index (χ2n) is 7.99. The van der Waals surface area contributed by atoms with Crippen molar-refractivity contribution < 1.29 is 22.7 Å². The zero-order valence-corrected chi connectivity index (χ0v) is 20.6. The van der Waals surface area contributed by atoms with Crippen LogP contribution in [-0.4, -0.2) is 32.9 Å². The van der Waals surface area contributed by atoms with E-state index in [9.17, 15) is 13.2 Å². The maximum absolute atomic E-state index is 14.0. The van der Waals surface area contributed by atoms with E-state index in [1.807, 2.05) is 6.92 Å². The predicted molar refractivity (Wildman–Crippen MR) is 130 cm³/mol. The van der Waals surface area contributed by atoms with Gasteiger partial charge in [0.2, 0.25) is 10.0 Å². The molecule has 3 aromatic carbocycles. The minimum atomic E-state index is -4.03. The first-order valence-electron chi connectivity index (χ1n) is 10.6. The number of methoxy groups -OCH3 is 2. The number of esters is 1. The molecule has 1 heterocycles. The van der Waals surface area contributed by atoms with E-state index in [1.165, 1.54) is 11.4 Å². The second kappa shape index (κ2) is 9.66. The zero-order valence-electron chi connectivity index (χ0n) is 19.0. The highest BCUT2D eigenvalue weighted by atomic mass is 35.5. The predicted octanol–water partition coefficient (Wildman–Crippen LogP) is 5.08. The van der Waals surface area contributed by atoms with Crippen molar-refractivity contribution in [3.8, 4) is 5.75 Å². The van der Waals surface area contributed by atoms with Crippen LogP contribution in [0.4, 0.5) is 5.69 Å². The molecule has 0 bridgehead atoms. The van der Waals surface area contributed by atoms with Crippen molar-refractivity contribution in [3.05, 3.63) is 88.4 Å². The van der Waals surface area contributed by atoms with Crippen LogP contribution in [0.2, 0.25) is 5.02 Å². The Labute approximate surface area is 204 Å². The van der Waals surface area contributed by atoms with Crippen molar-refractivity contribution in [2.75, 3.05) is 19.5 Å². The van der Waals surface area contributed by atoms with Crippen LogP contribution in [0.3, 0.4) is 0 Å². The molecule has 2 atom stereocenters. The summed E-state index contributed by atoms with van der Waals surface area (Å²) in [5.74, 6) is 0.160. The molecule has 0 unspecified atom stereocenters. The third-order valence-electron chi connectivity index (χ3n) is 5.84. The number of rotatable bonds is 7. The first kappa shape index (κ1) is 24.1. The first-order chi connectivity index (χ1) is 16.2. The lowest BCUT2D eigenvalue weighted by atomic mass is 10.0. The Morgan fingerprint density at radius 1 is 1.00 bits per heavy atom. The minimum Gasteiger partial charge on any atom is -0.497 e. The van der Waals surface area contributed by atoms with Crippen molar-refractivity contribution >= 4 is 33.3 Å². The van der Waals surface area contributed by atoms with Gasteiger partial charge in [-0.15, -0.1) is 0 Å². The highest BCUT2D eigenvalue weighted by molar-refractivity contribution is 7.89. The van der Waals surface area contributed by atoms with Crippen molar-refractivity contribution in [2.45, 2.75) is 30.4 Å². The van der Waals surface area contributed by atoms with E-state index < -0.39 is 28.2 Å². The van der Waals surface area contributed by atoms with E-state index in [0.29, 0.717) is 27.6 Å². The Balaban J connectivity index is 1.86. The summed E-state index contributed by atoms with van der Waals surface area (Å²) in [6, 6.07) is 18.2. The number of fused-ring (bicyclic) bond motifs is 1. The van der Waals surface area contributed by atoms with E-state index in [4.69, 9.17) is 21.1 Å². The second-order valence-corrected chi connectivity index (χ2v) is 10.3. The number of nitrogens with one attached hydrogen (secondary N) is 1. The van der Waals surface area contributed by atoms with E-state index in [0.717, 1.165) is 5.56 Å². The van der Waals surface area contributed by atoms with E-state index in [1.54, 1.807) is 73.8 Å². The number of hydrogen-bond donors (Lipinski definition) is 1. The molecule has 0 amide bonds. The number of carbonyl (C=O) groups excluding carboxylic acids is 1. The number of sulfonamides is 1. The number of nitrogens with zero attached hydrogens (tertiary/aromatic N) is 1. The summed E-state index contributed by atoms with van der Waals surface area (Å²) in [4.78, 5) is 12.5. The lowest BCUT2D eigenvalue weighted by molar-refractivity contribution is -0.141. The molecule has 7 nitrogen and oxygen atoms in total. The molecule has 3 aromatic rings. The molecular weight excluding hydrogens is 476 g/mol. The summed E-state index contributed by atoms with van der Waals surface area (Å²) in [6.07, 6.45) is -0.945. The van der Waals surface area contributed by atoms with Crippen LogP contribution in [0, 0.1) is 6.92 Å². The summed E-state index contributed by atoms with van der Waals surface area (Å²) in [7, 11) is -1.17. The van der Waals surface area contributed by atoms with Gasteiger partial charge in [0.15, 0.2) is 0 Å². The number of ether oxygens (including phenoxy) is 2. The molecule has 34 heavy (non-hydrogen) atoms. The average Bonchev–Trinajstić information content (AvgIpc) is 3.12. The van der Waals surface area contributed by atoms with Gasteiger partial charge in [-0.25, -0.2) is 8.42 Å². The Hall–Kier alpha value is -3.07. The monoisotopic (exact) mass is 500 g/mol. The Morgan fingerprint density at radius 3 is 2.29 bits per heavy atom. The van der Waals surface area contributed by atoms with Crippen LogP contribution in [0.5, 0.6) is 5.75 Å². The molecule has 178 valence electrons. The highest BCUT2D eigenvalue weighted by Gasteiger charge is 2.47. The first-order valence-corrected chi connectivity index (χ1v) is 12.4. The normalized spacial score (nSPS) is 17.8. The molecule has 0 spiro atoms. The topological polar surface area (TPSA) is 84.9 Å². The van der Waals surface area contributed by atoms with Gasteiger partial charge in [-0.2, -0.15) is 4.31 Å². The van der Waals surface area contributed by atoms with Gasteiger partial charge in [0, 0.05) is 10.7 Å². The average molecular weight is 501 g/mol. The van der Waals surface area contributed by atoms with Crippen molar-refractivity contribution in [1.29, 1.82) is 0 Å². The lowest BCUT2D eigenvalue weighted by Crippen LogP contribution is -2.37.